The summed E-state index contributed by atoms with van der Waals surface area (Å²) < 4.78 is 31.4. The molecule has 28 heavy (non-hydrogen) atoms. The summed E-state index contributed by atoms with van der Waals surface area (Å²) in [6, 6.07) is 6.65. The zero-order valence-corrected chi connectivity index (χ0v) is 17.0. The zero-order chi connectivity index (χ0) is 21.1. The highest BCUT2D eigenvalue weighted by Gasteiger charge is 2.25. The second-order valence-corrected chi connectivity index (χ2v) is 9.25. The summed E-state index contributed by atoms with van der Waals surface area (Å²) in [4.78, 5) is 23.4. The predicted octanol–water partition coefficient (Wildman–Crippen LogP) is 2.55. The van der Waals surface area contributed by atoms with E-state index in [4.69, 9.17) is 4.74 Å². The van der Waals surface area contributed by atoms with Gasteiger partial charge >= 0.3 is 12.1 Å². The van der Waals surface area contributed by atoms with Crippen molar-refractivity contribution in [1.82, 2.24) is 9.29 Å². The third kappa shape index (κ3) is 5.59. The molecule has 152 valence electrons. The van der Waals surface area contributed by atoms with Crippen LogP contribution in [0.4, 0.5) is 4.79 Å². The van der Waals surface area contributed by atoms with Gasteiger partial charge in [-0.15, -0.1) is 0 Å². The molecule has 1 aromatic carbocycles. The molecule has 8 nitrogen and oxygen atoms in total. The number of benzene rings is 1. The average molecular weight is 408 g/mol. The topological polar surface area (TPSA) is 115 Å². The third-order valence-electron chi connectivity index (χ3n) is 3.75. The van der Waals surface area contributed by atoms with Crippen LogP contribution in [0, 0.1) is 6.92 Å². The first kappa shape index (κ1) is 21.5. The smallest absolute Gasteiger partial charge is 0.408 e. The van der Waals surface area contributed by atoms with Crippen LogP contribution in [0.1, 0.15) is 31.9 Å². The van der Waals surface area contributed by atoms with E-state index in [0.29, 0.717) is 5.56 Å². The van der Waals surface area contributed by atoms with Crippen molar-refractivity contribution in [3.8, 4) is 0 Å². The van der Waals surface area contributed by atoms with E-state index in [1.807, 2.05) is 6.92 Å². The van der Waals surface area contributed by atoms with Crippen molar-refractivity contribution >= 4 is 22.1 Å². The molecule has 0 unspecified atom stereocenters. The number of nitrogens with one attached hydrogen (secondary N) is 1. The van der Waals surface area contributed by atoms with E-state index < -0.39 is 33.7 Å². The minimum atomic E-state index is -3.78. The van der Waals surface area contributed by atoms with Crippen LogP contribution in [-0.2, 0) is 26.0 Å². The lowest BCUT2D eigenvalue weighted by molar-refractivity contribution is -0.139. The van der Waals surface area contributed by atoms with E-state index in [1.165, 1.54) is 30.6 Å². The second kappa shape index (κ2) is 8.05. The fourth-order valence-corrected chi connectivity index (χ4v) is 3.63. The number of nitrogens with zero attached hydrogens (tertiary/aromatic N) is 1. The average Bonchev–Trinajstić information content (AvgIpc) is 3.02. The highest BCUT2D eigenvalue weighted by atomic mass is 32.2. The summed E-state index contributed by atoms with van der Waals surface area (Å²) in [6.45, 7) is 6.85. The number of carboxylic acid groups (broad SMARTS) is 1. The number of ether oxygens (including phenoxy) is 1. The van der Waals surface area contributed by atoms with Crippen molar-refractivity contribution < 1.29 is 27.9 Å². The first-order valence-corrected chi connectivity index (χ1v) is 10.0. The van der Waals surface area contributed by atoms with Crippen molar-refractivity contribution in [2.75, 3.05) is 0 Å². The monoisotopic (exact) mass is 408 g/mol. The first-order chi connectivity index (χ1) is 12.9. The van der Waals surface area contributed by atoms with E-state index in [9.17, 15) is 23.1 Å². The Morgan fingerprint density at radius 1 is 1.18 bits per heavy atom. The molecule has 1 heterocycles. The van der Waals surface area contributed by atoms with Crippen LogP contribution >= 0.6 is 0 Å². The minimum absolute atomic E-state index is 0.0923. The predicted molar refractivity (Wildman–Crippen MR) is 103 cm³/mol. The molecule has 1 amide bonds. The van der Waals surface area contributed by atoms with Crippen molar-refractivity contribution in [2.45, 2.75) is 50.7 Å². The Hall–Kier alpha value is -2.81. The lowest BCUT2D eigenvalue weighted by Crippen LogP contribution is -2.44. The van der Waals surface area contributed by atoms with Gasteiger partial charge in [0.2, 0.25) is 0 Å². The molecule has 2 aromatic rings. The number of hydrogen-bond acceptors (Lipinski definition) is 5. The van der Waals surface area contributed by atoms with E-state index in [-0.39, 0.29) is 11.3 Å². The standard InChI is InChI=1S/C19H24N2O6S/c1-13-5-7-15(8-6-13)28(25,26)21-10-9-14(12-21)11-16(17(22)23)20-18(24)27-19(2,3)4/h5-10,12,16H,11H2,1-4H3,(H,20,24)(H,22,23)/t16-/m1/s1. The number of aromatic nitrogens is 1. The van der Waals surface area contributed by atoms with Crippen LogP contribution < -0.4 is 5.32 Å². The molecule has 2 rings (SSSR count). The van der Waals surface area contributed by atoms with Crippen LogP contribution in [0.5, 0.6) is 0 Å². The molecule has 0 aliphatic rings. The van der Waals surface area contributed by atoms with Gasteiger partial charge in [-0.05, 0) is 51.5 Å². The molecule has 2 N–H and O–H groups in total. The highest BCUT2D eigenvalue weighted by molar-refractivity contribution is 7.90. The number of carbonyl (C=O) groups is 2. The van der Waals surface area contributed by atoms with Crippen molar-refractivity contribution in [3.63, 3.8) is 0 Å². The number of hydrogen-bond donors (Lipinski definition) is 2. The van der Waals surface area contributed by atoms with E-state index >= 15 is 0 Å². The fourth-order valence-electron chi connectivity index (χ4n) is 2.41. The molecule has 9 heteroatoms. The van der Waals surface area contributed by atoms with Gasteiger partial charge in [-0.25, -0.2) is 22.0 Å². The Labute approximate surface area is 164 Å². The van der Waals surface area contributed by atoms with Crippen LogP contribution in [0.15, 0.2) is 47.6 Å². The number of aliphatic carboxylic acids is 1. The molecule has 0 saturated carbocycles. The van der Waals surface area contributed by atoms with Crippen molar-refractivity contribution in [1.29, 1.82) is 0 Å². The van der Waals surface area contributed by atoms with Gasteiger partial charge < -0.3 is 15.2 Å². The number of alkyl carbamates (subject to hydrolysis) is 1. The van der Waals surface area contributed by atoms with Gasteiger partial charge in [-0.3, -0.25) is 0 Å². The van der Waals surface area contributed by atoms with Gasteiger partial charge in [-0.2, -0.15) is 0 Å². The molecule has 0 spiro atoms. The maximum atomic E-state index is 12.7. The van der Waals surface area contributed by atoms with Crippen molar-refractivity contribution in [3.05, 3.63) is 53.9 Å². The van der Waals surface area contributed by atoms with E-state index in [2.05, 4.69) is 5.32 Å². The van der Waals surface area contributed by atoms with Gasteiger partial charge in [0.1, 0.15) is 11.6 Å². The number of aryl methyl sites for hydroxylation is 1. The van der Waals surface area contributed by atoms with Gasteiger partial charge in [0.15, 0.2) is 0 Å². The number of rotatable bonds is 6. The maximum Gasteiger partial charge on any atom is 0.408 e. The normalized spacial score (nSPS) is 13.0. The maximum absolute atomic E-state index is 12.7. The molecule has 1 atom stereocenters. The number of carbonyl (C=O) groups excluding carboxylic acids is 1. The summed E-state index contributed by atoms with van der Waals surface area (Å²) in [7, 11) is -3.78. The SMILES string of the molecule is Cc1ccc(S(=O)(=O)n2ccc(C[C@@H](NC(=O)OC(C)(C)C)C(=O)O)c2)cc1. The Balaban J connectivity index is 2.16. The zero-order valence-electron chi connectivity index (χ0n) is 16.2. The van der Waals surface area contributed by atoms with Crippen LogP contribution in [0.2, 0.25) is 0 Å². The third-order valence-corrected chi connectivity index (χ3v) is 5.40. The van der Waals surface area contributed by atoms with Gasteiger partial charge in [-0.1, -0.05) is 17.7 Å². The quantitative estimate of drug-likeness (QED) is 0.759. The molecule has 1 aromatic heterocycles. The summed E-state index contributed by atoms with van der Waals surface area (Å²) in [6.07, 6.45) is 1.73. The molecule has 0 aliphatic carbocycles. The fraction of sp³-hybridized carbons (Fsp3) is 0.368. The molecular formula is C19H24N2O6S. The molecule has 0 aliphatic heterocycles. The molecule has 0 radical (unpaired) electrons. The van der Waals surface area contributed by atoms with Gasteiger partial charge in [0.05, 0.1) is 4.90 Å². The number of carboxylic acids is 1. The van der Waals surface area contributed by atoms with Gasteiger partial charge in [0.25, 0.3) is 10.0 Å². The van der Waals surface area contributed by atoms with Crippen molar-refractivity contribution in [2.24, 2.45) is 0 Å². The second-order valence-electron chi connectivity index (χ2n) is 7.41. The minimum Gasteiger partial charge on any atom is -0.480 e. The number of amides is 1. The molecule has 0 bridgehead atoms. The van der Waals surface area contributed by atoms with Crippen LogP contribution in [-0.4, -0.2) is 41.2 Å². The summed E-state index contributed by atoms with van der Waals surface area (Å²) in [5, 5.41) is 11.6. The molecule has 0 fully saturated rings. The lowest BCUT2D eigenvalue weighted by atomic mass is 10.1. The Morgan fingerprint density at radius 3 is 2.32 bits per heavy atom. The largest absolute Gasteiger partial charge is 0.480 e. The Morgan fingerprint density at radius 2 is 1.79 bits per heavy atom. The molecular weight excluding hydrogens is 384 g/mol. The Kier molecular flexibility index (Phi) is 6.18. The summed E-state index contributed by atoms with van der Waals surface area (Å²) >= 11 is 0. The van der Waals surface area contributed by atoms with E-state index in [1.54, 1.807) is 32.9 Å². The van der Waals surface area contributed by atoms with Gasteiger partial charge in [0, 0.05) is 18.8 Å². The van der Waals surface area contributed by atoms with Crippen LogP contribution in [0.25, 0.3) is 0 Å². The highest BCUT2D eigenvalue weighted by Crippen LogP contribution is 2.17. The molecule has 0 saturated heterocycles. The summed E-state index contributed by atoms with van der Waals surface area (Å²) in [5.41, 5.74) is 0.613. The first-order valence-electron chi connectivity index (χ1n) is 8.60. The van der Waals surface area contributed by atoms with E-state index in [0.717, 1.165) is 9.54 Å². The van der Waals surface area contributed by atoms with Crippen LogP contribution in [0.3, 0.4) is 0 Å². The summed E-state index contributed by atoms with van der Waals surface area (Å²) in [5.74, 6) is -1.25. The lowest BCUT2D eigenvalue weighted by Gasteiger charge is -2.21. The Bertz CT molecular complexity index is 955.